The largest absolute Gasteiger partial charge is 0.313 e. The van der Waals surface area contributed by atoms with Gasteiger partial charge < -0.3 is 5.32 Å². The van der Waals surface area contributed by atoms with Crippen LogP contribution in [0, 0.1) is 11.3 Å². The van der Waals surface area contributed by atoms with Crippen molar-refractivity contribution >= 4 is 9.84 Å². The first-order chi connectivity index (χ1) is 8.26. The van der Waals surface area contributed by atoms with Gasteiger partial charge in [-0.3, -0.25) is 0 Å². The van der Waals surface area contributed by atoms with Crippen molar-refractivity contribution in [1.82, 2.24) is 5.32 Å². The van der Waals surface area contributed by atoms with E-state index in [1.807, 2.05) is 0 Å². The molecule has 2 unspecified atom stereocenters. The van der Waals surface area contributed by atoms with E-state index in [4.69, 9.17) is 0 Å². The molecule has 0 heterocycles. The van der Waals surface area contributed by atoms with Gasteiger partial charge in [-0.25, -0.2) is 8.42 Å². The Hall–Kier alpha value is -0.0900. The van der Waals surface area contributed by atoms with Gasteiger partial charge in [-0.05, 0) is 24.2 Å². The summed E-state index contributed by atoms with van der Waals surface area (Å²) in [4.78, 5) is 0. The molecule has 0 saturated heterocycles. The fourth-order valence-electron chi connectivity index (χ4n) is 2.96. The quantitative estimate of drug-likeness (QED) is 0.839. The molecule has 2 atom stereocenters. The number of nitrogens with one attached hydrogen (secondary N) is 1. The van der Waals surface area contributed by atoms with Crippen molar-refractivity contribution in [3.63, 3.8) is 0 Å². The Balaban J connectivity index is 2.48. The monoisotopic (exact) mass is 275 g/mol. The van der Waals surface area contributed by atoms with Gasteiger partial charge in [-0.15, -0.1) is 0 Å². The summed E-state index contributed by atoms with van der Waals surface area (Å²) >= 11 is 0. The summed E-state index contributed by atoms with van der Waals surface area (Å²) in [5.74, 6) is 1.19. The predicted octanol–water partition coefficient (Wildman–Crippen LogP) is 2.62. The van der Waals surface area contributed by atoms with Crippen molar-refractivity contribution in [1.29, 1.82) is 0 Å². The summed E-state index contributed by atoms with van der Waals surface area (Å²) in [6.07, 6.45) is 5.04. The minimum absolute atomic E-state index is 0.252. The van der Waals surface area contributed by atoms with E-state index in [2.05, 4.69) is 26.1 Å². The van der Waals surface area contributed by atoms with Crippen molar-refractivity contribution in [2.24, 2.45) is 11.3 Å². The maximum Gasteiger partial charge on any atom is 0.151 e. The van der Waals surface area contributed by atoms with Crippen molar-refractivity contribution < 1.29 is 8.42 Å². The highest BCUT2D eigenvalue weighted by atomic mass is 32.2. The molecular formula is C14H29NO2S. The molecule has 1 N–H and O–H groups in total. The second-order valence-corrected chi connectivity index (χ2v) is 9.03. The maximum atomic E-state index is 11.5. The molecule has 0 radical (unpaired) electrons. The summed E-state index contributed by atoms with van der Waals surface area (Å²) in [5.41, 5.74) is 0.307. The van der Waals surface area contributed by atoms with Crippen LogP contribution in [-0.2, 0) is 9.84 Å². The zero-order chi connectivity index (χ0) is 13.8. The predicted molar refractivity (Wildman–Crippen MR) is 77.5 cm³/mol. The van der Waals surface area contributed by atoms with Gasteiger partial charge in [-0.2, -0.15) is 0 Å². The molecule has 1 saturated carbocycles. The first-order valence-electron chi connectivity index (χ1n) is 7.20. The molecule has 0 aromatic rings. The Bertz CT molecular complexity index is 343. The van der Waals surface area contributed by atoms with E-state index >= 15 is 0 Å². The smallest absolute Gasteiger partial charge is 0.151 e. The van der Waals surface area contributed by atoms with E-state index in [-0.39, 0.29) is 11.5 Å². The highest BCUT2D eigenvalue weighted by Gasteiger charge is 2.33. The zero-order valence-electron chi connectivity index (χ0n) is 12.3. The SMILES string of the molecule is CCS(=O)(=O)CCNC1CCCCC1C(C)(C)C. The summed E-state index contributed by atoms with van der Waals surface area (Å²) in [6, 6.07) is 0.491. The molecule has 0 aromatic carbocycles. The first kappa shape index (κ1) is 16.0. The molecule has 18 heavy (non-hydrogen) atoms. The van der Waals surface area contributed by atoms with Gasteiger partial charge in [-0.1, -0.05) is 40.5 Å². The normalized spacial score (nSPS) is 26.2. The molecule has 0 bridgehead atoms. The average molecular weight is 275 g/mol. The van der Waals surface area contributed by atoms with Crippen LogP contribution in [0.3, 0.4) is 0 Å². The van der Waals surface area contributed by atoms with Crippen LogP contribution in [0.5, 0.6) is 0 Å². The molecule has 3 nitrogen and oxygen atoms in total. The van der Waals surface area contributed by atoms with Gasteiger partial charge >= 0.3 is 0 Å². The van der Waals surface area contributed by atoms with Crippen LogP contribution in [0.2, 0.25) is 0 Å². The average Bonchev–Trinajstić information content (AvgIpc) is 2.28. The van der Waals surface area contributed by atoms with Crippen molar-refractivity contribution in [3.05, 3.63) is 0 Å². The molecule has 4 heteroatoms. The van der Waals surface area contributed by atoms with Gasteiger partial charge in [0, 0.05) is 18.3 Å². The van der Waals surface area contributed by atoms with Crippen LogP contribution < -0.4 is 5.32 Å². The molecule has 0 amide bonds. The lowest BCUT2D eigenvalue weighted by atomic mass is 9.69. The minimum Gasteiger partial charge on any atom is -0.313 e. The van der Waals surface area contributed by atoms with Crippen LogP contribution in [-0.4, -0.2) is 32.5 Å². The van der Waals surface area contributed by atoms with Crippen LogP contribution in [0.15, 0.2) is 0 Å². The minimum atomic E-state index is -2.84. The maximum absolute atomic E-state index is 11.5. The Morgan fingerprint density at radius 1 is 1.17 bits per heavy atom. The first-order valence-corrected chi connectivity index (χ1v) is 9.02. The lowest BCUT2D eigenvalue weighted by molar-refractivity contribution is 0.132. The molecule has 0 aromatic heterocycles. The molecule has 1 rings (SSSR count). The van der Waals surface area contributed by atoms with Crippen molar-refractivity contribution in [3.8, 4) is 0 Å². The third-order valence-corrected chi connectivity index (χ3v) is 5.84. The lowest BCUT2D eigenvalue weighted by Crippen LogP contribution is -2.45. The third-order valence-electron chi connectivity index (χ3n) is 4.14. The number of rotatable bonds is 5. The number of hydrogen-bond acceptors (Lipinski definition) is 3. The van der Waals surface area contributed by atoms with Crippen LogP contribution in [0.4, 0.5) is 0 Å². The van der Waals surface area contributed by atoms with Gasteiger partial charge in [0.05, 0.1) is 5.75 Å². The van der Waals surface area contributed by atoms with E-state index in [9.17, 15) is 8.42 Å². The van der Waals surface area contributed by atoms with Crippen LogP contribution >= 0.6 is 0 Å². The third kappa shape index (κ3) is 4.88. The Labute approximate surface area is 113 Å². The second kappa shape index (κ2) is 6.38. The molecule has 1 fully saturated rings. The Morgan fingerprint density at radius 2 is 1.78 bits per heavy atom. The molecule has 108 valence electrons. The van der Waals surface area contributed by atoms with E-state index in [0.717, 1.165) is 0 Å². The fourth-order valence-corrected chi connectivity index (χ4v) is 3.67. The Morgan fingerprint density at radius 3 is 2.33 bits per heavy atom. The summed E-state index contributed by atoms with van der Waals surface area (Å²) in [6.45, 7) is 9.20. The summed E-state index contributed by atoms with van der Waals surface area (Å²) in [5, 5.41) is 3.49. The van der Waals surface area contributed by atoms with E-state index in [1.54, 1.807) is 6.92 Å². The van der Waals surface area contributed by atoms with Crippen molar-refractivity contribution in [2.75, 3.05) is 18.1 Å². The topological polar surface area (TPSA) is 46.2 Å². The highest BCUT2D eigenvalue weighted by Crippen LogP contribution is 2.37. The van der Waals surface area contributed by atoms with E-state index in [0.29, 0.717) is 23.9 Å². The zero-order valence-corrected chi connectivity index (χ0v) is 13.1. The van der Waals surface area contributed by atoms with E-state index < -0.39 is 9.84 Å². The second-order valence-electron chi connectivity index (χ2n) is 6.55. The highest BCUT2D eigenvalue weighted by molar-refractivity contribution is 7.91. The Kier molecular flexibility index (Phi) is 5.66. The van der Waals surface area contributed by atoms with Crippen molar-refractivity contribution in [2.45, 2.75) is 59.4 Å². The standard InChI is InChI=1S/C14H29NO2S/c1-5-18(16,17)11-10-15-13-9-7-6-8-12(13)14(2,3)4/h12-13,15H,5-11H2,1-4H3. The molecule has 1 aliphatic carbocycles. The summed E-state index contributed by atoms with van der Waals surface area (Å²) in [7, 11) is -2.84. The van der Waals surface area contributed by atoms with Gasteiger partial charge in [0.1, 0.15) is 0 Å². The van der Waals surface area contributed by atoms with E-state index in [1.165, 1.54) is 25.7 Å². The fraction of sp³-hybridized carbons (Fsp3) is 1.00. The summed E-state index contributed by atoms with van der Waals surface area (Å²) < 4.78 is 23.0. The van der Waals surface area contributed by atoms with Gasteiger partial charge in [0.2, 0.25) is 0 Å². The molecule has 0 spiro atoms. The van der Waals surface area contributed by atoms with Crippen LogP contribution in [0.1, 0.15) is 53.4 Å². The van der Waals surface area contributed by atoms with Gasteiger partial charge in [0.15, 0.2) is 9.84 Å². The van der Waals surface area contributed by atoms with Gasteiger partial charge in [0.25, 0.3) is 0 Å². The number of sulfone groups is 1. The molecular weight excluding hydrogens is 246 g/mol. The lowest BCUT2D eigenvalue weighted by Gasteiger charge is -2.41. The molecule has 1 aliphatic rings. The van der Waals surface area contributed by atoms with Crippen LogP contribution in [0.25, 0.3) is 0 Å². The molecule has 0 aliphatic heterocycles. The number of hydrogen-bond donors (Lipinski definition) is 1.